The van der Waals surface area contributed by atoms with Crippen molar-refractivity contribution in [3.63, 3.8) is 0 Å². The van der Waals surface area contributed by atoms with Crippen LogP contribution < -0.4 is 10.4 Å². The molecular formula is C17H18N6O2. The van der Waals surface area contributed by atoms with Crippen molar-refractivity contribution in [3.05, 3.63) is 57.7 Å². The summed E-state index contributed by atoms with van der Waals surface area (Å²) in [5, 5.41) is 16.0. The second kappa shape index (κ2) is 6.12. The largest absolute Gasteiger partial charge is 0.488 e. The second-order valence-corrected chi connectivity index (χ2v) is 6.15. The third-order valence-electron chi connectivity index (χ3n) is 4.27. The molecule has 1 fully saturated rings. The molecule has 1 saturated carbocycles. The maximum absolute atomic E-state index is 12.3. The molecule has 128 valence electrons. The van der Waals surface area contributed by atoms with Crippen molar-refractivity contribution in [1.29, 1.82) is 0 Å². The number of tetrazole rings is 1. The van der Waals surface area contributed by atoms with Crippen molar-refractivity contribution < 1.29 is 6.11 Å². The van der Waals surface area contributed by atoms with E-state index in [-0.39, 0.29) is 12.3 Å². The van der Waals surface area contributed by atoms with E-state index >= 15 is 0 Å². The van der Waals surface area contributed by atoms with Crippen LogP contribution >= 0.6 is 0 Å². The van der Waals surface area contributed by atoms with E-state index in [9.17, 15) is 4.79 Å². The zero-order chi connectivity index (χ0) is 18.3. The molecule has 0 unspecified atom stereocenters. The lowest BCUT2D eigenvalue weighted by Gasteiger charge is -2.14. The average molecular weight is 340 g/mol. The Balaban J connectivity index is 1.73. The summed E-state index contributed by atoms with van der Waals surface area (Å²) in [5.41, 5.74) is 2.70. The lowest BCUT2D eigenvalue weighted by atomic mass is 10.1. The van der Waals surface area contributed by atoms with E-state index in [1.165, 1.54) is 15.6 Å². The van der Waals surface area contributed by atoms with Crippen LogP contribution in [0.3, 0.4) is 0 Å². The van der Waals surface area contributed by atoms with E-state index in [2.05, 4.69) is 20.6 Å². The number of para-hydroxylation sites is 1. The number of aromatic nitrogens is 6. The highest BCUT2D eigenvalue weighted by Crippen LogP contribution is 2.41. The van der Waals surface area contributed by atoms with Crippen LogP contribution in [0.2, 0.25) is 0 Å². The van der Waals surface area contributed by atoms with Gasteiger partial charge in [0.1, 0.15) is 18.0 Å². The lowest BCUT2D eigenvalue weighted by molar-refractivity contribution is 0.301. The number of benzene rings is 1. The van der Waals surface area contributed by atoms with Gasteiger partial charge in [0.15, 0.2) is 0 Å². The highest BCUT2D eigenvalue weighted by Gasteiger charge is 2.30. The molecule has 0 bridgehead atoms. The van der Waals surface area contributed by atoms with E-state index in [0.29, 0.717) is 23.4 Å². The number of nitrogens with zero attached hydrogens (tertiary/aromatic N) is 6. The summed E-state index contributed by atoms with van der Waals surface area (Å²) in [6, 6.07) is 5.64. The van der Waals surface area contributed by atoms with Gasteiger partial charge in [0.25, 0.3) is 0 Å². The van der Waals surface area contributed by atoms with Crippen LogP contribution in [0.15, 0.2) is 35.2 Å². The quantitative estimate of drug-likeness (QED) is 0.700. The first-order valence-electron chi connectivity index (χ1n) is 8.58. The van der Waals surface area contributed by atoms with Gasteiger partial charge >= 0.3 is 5.69 Å². The molecule has 0 spiro atoms. The normalized spacial score (nSPS) is 14.4. The highest BCUT2D eigenvalue weighted by molar-refractivity contribution is 5.42. The highest BCUT2D eigenvalue weighted by atomic mass is 16.5. The standard InChI is InChI=1S/C17H18N6O2/c1-11-5-3-4-6-15(11)25-10-13-14(23-17(24)22(2)20-21-23)9-18-19-16(13)12-7-8-12/h3-6,9,12H,7-8,10H2,1-2H3/i3T. The van der Waals surface area contributed by atoms with Gasteiger partial charge in [-0.05, 0) is 41.8 Å². The first-order chi connectivity index (χ1) is 12.5. The Labute approximate surface area is 145 Å². The molecule has 2 heterocycles. The van der Waals surface area contributed by atoms with Gasteiger partial charge < -0.3 is 4.74 Å². The zero-order valence-corrected chi connectivity index (χ0v) is 14.0. The maximum atomic E-state index is 12.3. The first-order valence-corrected chi connectivity index (χ1v) is 8.08. The first kappa shape index (κ1) is 14.3. The maximum Gasteiger partial charge on any atom is 0.368 e. The molecule has 1 aliphatic rings. The predicted octanol–water partition coefficient (Wildman–Crippen LogP) is 1.52. The van der Waals surface area contributed by atoms with Crippen molar-refractivity contribution in [1.82, 2.24) is 30.0 Å². The minimum Gasteiger partial charge on any atom is -0.488 e. The van der Waals surface area contributed by atoms with Crippen LogP contribution in [0.25, 0.3) is 5.69 Å². The summed E-state index contributed by atoms with van der Waals surface area (Å²) in [6.07, 6.45) is 3.61. The van der Waals surface area contributed by atoms with Crippen molar-refractivity contribution in [2.24, 2.45) is 7.05 Å². The number of rotatable bonds is 5. The van der Waals surface area contributed by atoms with Gasteiger partial charge in [0.05, 0.1) is 13.3 Å². The van der Waals surface area contributed by atoms with Gasteiger partial charge in [-0.25, -0.2) is 4.79 Å². The number of ether oxygens (including phenoxy) is 1. The third-order valence-corrected chi connectivity index (χ3v) is 4.27. The van der Waals surface area contributed by atoms with Gasteiger partial charge in [-0.15, -0.1) is 0 Å². The molecule has 0 saturated heterocycles. The van der Waals surface area contributed by atoms with Crippen LogP contribution in [0.1, 0.15) is 37.0 Å². The molecule has 25 heavy (non-hydrogen) atoms. The fraction of sp³-hybridized carbons (Fsp3) is 0.353. The summed E-state index contributed by atoms with van der Waals surface area (Å²) in [7, 11) is 1.55. The molecule has 0 aliphatic heterocycles. The summed E-state index contributed by atoms with van der Waals surface area (Å²) in [5.74, 6) is 1.03. The van der Waals surface area contributed by atoms with Crippen LogP contribution in [0.4, 0.5) is 0 Å². The SMILES string of the molecule is [3H]c1ccc(OCc2c(-n3nnn(C)c3=O)cnnc2C2CC2)c(C)c1. The molecule has 3 aromatic rings. The van der Waals surface area contributed by atoms with Gasteiger partial charge in [-0.2, -0.15) is 19.6 Å². The Bertz CT molecular complexity index is 1020. The Morgan fingerprint density at radius 3 is 2.88 bits per heavy atom. The van der Waals surface area contributed by atoms with E-state index in [0.717, 1.165) is 29.7 Å². The number of aryl methyl sites for hydroxylation is 2. The predicted molar refractivity (Wildman–Crippen MR) is 89.7 cm³/mol. The van der Waals surface area contributed by atoms with E-state index in [1.54, 1.807) is 25.2 Å². The molecule has 1 aliphatic carbocycles. The van der Waals surface area contributed by atoms with Gasteiger partial charge in [-0.1, -0.05) is 18.2 Å². The van der Waals surface area contributed by atoms with Crippen LogP contribution in [-0.2, 0) is 13.7 Å². The van der Waals surface area contributed by atoms with Gasteiger partial charge in [0.2, 0.25) is 0 Å². The fourth-order valence-corrected chi connectivity index (χ4v) is 2.71. The molecule has 2 aromatic heterocycles. The Kier molecular flexibility index (Phi) is 3.51. The van der Waals surface area contributed by atoms with Crippen molar-refractivity contribution in [2.45, 2.75) is 32.3 Å². The van der Waals surface area contributed by atoms with Gasteiger partial charge in [0, 0.05) is 18.5 Å². The average Bonchev–Trinajstić information content (AvgIpc) is 3.41. The Morgan fingerprint density at radius 1 is 1.36 bits per heavy atom. The number of hydrogen-bond donors (Lipinski definition) is 0. The van der Waals surface area contributed by atoms with Crippen molar-refractivity contribution in [2.75, 3.05) is 0 Å². The second-order valence-electron chi connectivity index (χ2n) is 6.15. The minimum absolute atomic E-state index is 0.234. The summed E-state index contributed by atoms with van der Waals surface area (Å²) < 4.78 is 16.0. The van der Waals surface area contributed by atoms with E-state index in [4.69, 9.17) is 6.11 Å². The smallest absolute Gasteiger partial charge is 0.368 e. The molecule has 0 amide bonds. The molecule has 0 N–H and O–H groups in total. The third kappa shape index (κ3) is 2.90. The molecule has 8 heteroatoms. The zero-order valence-electron chi connectivity index (χ0n) is 15.0. The van der Waals surface area contributed by atoms with E-state index < -0.39 is 0 Å². The van der Waals surface area contributed by atoms with Crippen molar-refractivity contribution in [3.8, 4) is 11.4 Å². The molecular weight excluding hydrogens is 320 g/mol. The Hall–Kier alpha value is -3.03. The molecule has 0 radical (unpaired) electrons. The van der Waals surface area contributed by atoms with Crippen LogP contribution in [-0.4, -0.2) is 30.0 Å². The van der Waals surface area contributed by atoms with Crippen LogP contribution in [0.5, 0.6) is 5.75 Å². The Morgan fingerprint density at radius 2 is 2.20 bits per heavy atom. The molecule has 1 aromatic carbocycles. The van der Waals surface area contributed by atoms with Crippen molar-refractivity contribution >= 4 is 0 Å². The minimum atomic E-state index is -0.351. The molecule has 8 nitrogen and oxygen atoms in total. The molecule has 4 rings (SSSR count). The van der Waals surface area contributed by atoms with E-state index in [1.807, 2.05) is 6.92 Å². The fourth-order valence-electron chi connectivity index (χ4n) is 2.71. The summed E-state index contributed by atoms with van der Waals surface area (Å²) in [4.78, 5) is 12.3. The lowest BCUT2D eigenvalue weighted by Crippen LogP contribution is -2.24. The monoisotopic (exact) mass is 340 g/mol. The topological polar surface area (TPSA) is 87.7 Å². The van der Waals surface area contributed by atoms with Gasteiger partial charge in [-0.3, -0.25) is 0 Å². The van der Waals surface area contributed by atoms with Crippen LogP contribution in [0, 0.1) is 6.92 Å². The summed E-state index contributed by atoms with van der Waals surface area (Å²) in [6.45, 7) is 2.13. The number of hydrogen-bond acceptors (Lipinski definition) is 6. The molecule has 0 atom stereocenters. The summed E-state index contributed by atoms with van der Waals surface area (Å²) >= 11 is 0.